The summed E-state index contributed by atoms with van der Waals surface area (Å²) in [5.41, 5.74) is -0.133. The quantitative estimate of drug-likeness (QED) is 0.393. The van der Waals surface area contributed by atoms with Crippen LogP contribution in [-0.4, -0.2) is 24.4 Å². The summed E-state index contributed by atoms with van der Waals surface area (Å²) in [5, 5.41) is 0. The monoisotopic (exact) mass is 443 g/mol. The second-order valence-electron chi connectivity index (χ2n) is 6.18. The van der Waals surface area contributed by atoms with Gasteiger partial charge in [-0.25, -0.2) is 4.39 Å². The maximum atomic E-state index is 13.1. The van der Waals surface area contributed by atoms with Gasteiger partial charge in [-0.2, -0.15) is 13.2 Å². The number of rotatable bonds is 6. The second-order valence-corrected chi connectivity index (χ2v) is 7.10. The number of nitrogens with zero attached hydrogens (tertiary/aromatic N) is 1. The lowest BCUT2D eigenvalue weighted by Crippen LogP contribution is -2.31. The molecule has 0 aliphatic rings. The Hall–Kier alpha value is -2.15. The summed E-state index contributed by atoms with van der Waals surface area (Å²) in [6.07, 6.45) is -2.32. The average molecular weight is 444 g/mol. The highest BCUT2D eigenvalue weighted by atomic mass is 79.9. The fourth-order valence-corrected chi connectivity index (χ4v) is 3.26. The first kappa shape index (κ1) is 21.2. The summed E-state index contributed by atoms with van der Waals surface area (Å²) in [6.45, 7) is 3.95. The van der Waals surface area contributed by atoms with E-state index in [1.165, 1.54) is 30.1 Å². The van der Waals surface area contributed by atoms with Crippen molar-refractivity contribution in [3.8, 4) is 0 Å². The van der Waals surface area contributed by atoms with Gasteiger partial charge < -0.3 is 4.90 Å². The van der Waals surface area contributed by atoms with Gasteiger partial charge in [-0.1, -0.05) is 34.1 Å². The summed E-state index contributed by atoms with van der Waals surface area (Å²) in [7, 11) is 1.52. The number of benzene rings is 2. The molecular formula is C20H18BrF4NO. The molecule has 1 unspecified atom stereocenters. The molecule has 2 aromatic carbocycles. The van der Waals surface area contributed by atoms with Crippen LogP contribution in [0.2, 0.25) is 0 Å². The van der Waals surface area contributed by atoms with Gasteiger partial charge in [0.15, 0.2) is 0 Å². The van der Waals surface area contributed by atoms with Gasteiger partial charge in [0, 0.05) is 29.5 Å². The highest BCUT2D eigenvalue weighted by Gasteiger charge is 2.32. The highest BCUT2D eigenvalue weighted by molar-refractivity contribution is 9.10. The Morgan fingerprint density at radius 1 is 1.22 bits per heavy atom. The third-order valence-electron chi connectivity index (χ3n) is 4.11. The molecule has 0 aromatic heterocycles. The van der Waals surface area contributed by atoms with Crippen LogP contribution in [0.3, 0.4) is 0 Å². The first-order chi connectivity index (χ1) is 12.6. The molecule has 0 N–H and O–H groups in total. The Kier molecular flexibility index (Phi) is 6.81. The molecular weight excluding hydrogens is 426 g/mol. The normalized spacial score (nSPS) is 12.5. The van der Waals surface area contributed by atoms with Crippen molar-refractivity contribution in [1.29, 1.82) is 0 Å². The van der Waals surface area contributed by atoms with Crippen LogP contribution >= 0.6 is 15.9 Å². The van der Waals surface area contributed by atoms with Crippen LogP contribution in [0.5, 0.6) is 0 Å². The number of hydrogen-bond acceptors (Lipinski definition) is 1. The van der Waals surface area contributed by atoms with Crippen molar-refractivity contribution in [2.45, 2.75) is 18.5 Å². The van der Waals surface area contributed by atoms with E-state index in [4.69, 9.17) is 0 Å². The molecule has 0 aliphatic heterocycles. The minimum atomic E-state index is -4.54. The van der Waals surface area contributed by atoms with Crippen LogP contribution < -0.4 is 0 Å². The first-order valence-electron chi connectivity index (χ1n) is 8.11. The number of alkyl halides is 3. The number of hydrogen-bond donors (Lipinski definition) is 0. The van der Waals surface area contributed by atoms with Crippen molar-refractivity contribution in [1.82, 2.24) is 4.90 Å². The zero-order chi connectivity index (χ0) is 20.2. The van der Waals surface area contributed by atoms with E-state index in [1.807, 2.05) is 0 Å². The van der Waals surface area contributed by atoms with Crippen molar-refractivity contribution < 1.29 is 22.4 Å². The third kappa shape index (κ3) is 5.66. The molecule has 2 nitrogen and oxygen atoms in total. The van der Waals surface area contributed by atoms with Crippen LogP contribution in [0.25, 0.3) is 0 Å². The summed E-state index contributed by atoms with van der Waals surface area (Å²) in [5.74, 6) is -1.04. The van der Waals surface area contributed by atoms with Crippen molar-refractivity contribution in [3.05, 3.63) is 82.1 Å². The van der Waals surface area contributed by atoms with Crippen LogP contribution in [0.1, 0.15) is 33.8 Å². The third-order valence-corrected chi connectivity index (χ3v) is 4.56. The Balaban J connectivity index is 2.24. The predicted molar refractivity (Wildman–Crippen MR) is 100 cm³/mol. The lowest BCUT2D eigenvalue weighted by molar-refractivity contribution is -0.137. The molecule has 0 spiro atoms. The standard InChI is InChI=1S/C20H18BrF4NO/c1-3-4-14(13-5-7-18(22)8-6-13)12-26(2)19(27)15-9-16(20(23,24)25)11-17(21)10-15/h3,5-11,14H,1,4,12H2,2H3. The Labute approximate surface area is 163 Å². The molecule has 0 saturated heterocycles. The van der Waals surface area contributed by atoms with E-state index in [0.29, 0.717) is 6.42 Å². The van der Waals surface area contributed by atoms with Crippen LogP contribution in [0.15, 0.2) is 59.6 Å². The molecule has 0 saturated carbocycles. The van der Waals surface area contributed by atoms with Gasteiger partial charge >= 0.3 is 6.18 Å². The van der Waals surface area contributed by atoms with Crippen LogP contribution in [-0.2, 0) is 6.18 Å². The molecule has 0 radical (unpaired) electrons. The number of carbonyl (C=O) groups is 1. The summed E-state index contributed by atoms with van der Waals surface area (Å²) in [6, 6.07) is 9.04. The van der Waals surface area contributed by atoms with Gasteiger partial charge in [0.05, 0.1) is 5.56 Å². The number of allylic oxidation sites excluding steroid dienone is 1. The van der Waals surface area contributed by atoms with Crippen LogP contribution in [0.4, 0.5) is 17.6 Å². The molecule has 1 amide bonds. The van der Waals surface area contributed by atoms with Gasteiger partial charge in [0.1, 0.15) is 5.82 Å². The van der Waals surface area contributed by atoms with E-state index in [1.54, 1.807) is 18.2 Å². The maximum Gasteiger partial charge on any atom is 0.416 e. The van der Waals surface area contributed by atoms with E-state index in [9.17, 15) is 22.4 Å². The topological polar surface area (TPSA) is 20.3 Å². The molecule has 0 heterocycles. The summed E-state index contributed by atoms with van der Waals surface area (Å²) >= 11 is 3.02. The molecule has 1 atom stereocenters. The Morgan fingerprint density at radius 2 is 1.85 bits per heavy atom. The van der Waals surface area contributed by atoms with E-state index >= 15 is 0 Å². The fraction of sp³-hybridized carbons (Fsp3) is 0.250. The zero-order valence-electron chi connectivity index (χ0n) is 14.6. The zero-order valence-corrected chi connectivity index (χ0v) is 16.1. The van der Waals surface area contributed by atoms with Crippen molar-refractivity contribution >= 4 is 21.8 Å². The van der Waals surface area contributed by atoms with E-state index < -0.39 is 17.6 Å². The number of halogens is 5. The predicted octanol–water partition coefficient (Wildman–Crippen LogP) is 6.04. The highest BCUT2D eigenvalue weighted by Crippen LogP contribution is 2.32. The largest absolute Gasteiger partial charge is 0.416 e. The lowest BCUT2D eigenvalue weighted by Gasteiger charge is -2.24. The minimum absolute atomic E-state index is 0.0596. The van der Waals surface area contributed by atoms with Gasteiger partial charge in [0.2, 0.25) is 0 Å². The Bertz CT molecular complexity index is 818. The van der Waals surface area contributed by atoms with Gasteiger partial charge in [0.25, 0.3) is 5.91 Å². The summed E-state index contributed by atoms with van der Waals surface area (Å²) in [4.78, 5) is 14.0. The Morgan fingerprint density at radius 3 is 2.41 bits per heavy atom. The SMILES string of the molecule is C=CCC(CN(C)C(=O)c1cc(Br)cc(C(F)(F)F)c1)c1ccc(F)cc1. The molecule has 0 aliphatic carbocycles. The lowest BCUT2D eigenvalue weighted by atomic mass is 9.95. The molecule has 27 heavy (non-hydrogen) atoms. The van der Waals surface area contributed by atoms with Gasteiger partial charge in [-0.05, 0) is 42.3 Å². The van der Waals surface area contributed by atoms with Crippen molar-refractivity contribution in [3.63, 3.8) is 0 Å². The van der Waals surface area contributed by atoms with E-state index in [0.717, 1.165) is 17.7 Å². The second kappa shape index (κ2) is 8.69. The molecule has 0 bridgehead atoms. The molecule has 0 fully saturated rings. The van der Waals surface area contributed by atoms with E-state index in [2.05, 4.69) is 22.5 Å². The van der Waals surface area contributed by atoms with Gasteiger partial charge in [-0.3, -0.25) is 4.79 Å². The fourth-order valence-electron chi connectivity index (χ4n) is 2.76. The minimum Gasteiger partial charge on any atom is -0.341 e. The number of carbonyl (C=O) groups excluding carboxylic acids is 1. The maximum absolute atomic E-state index is 13.1. The van der Waals surface area contributed by atoms with E-state index in [-0.39, 0.29) is 28.3 Å². The number of amides is 1. The van der Waals surface area contributed by atoms with Crippen molar-refractivity contribution in [2.24, 2.45) is 0 Å². The average Bonchev–Trinajstić information content (AvgIpc) is 2.60. The molecule has 7 heteroatoms. The molecule has 144 valence electrons. The smallest absolute Gasteiger partial charge is 0.341 e. The first-order valence-corrected chi connectivity index (χ1v) is 8.90. The van der Waals surface area contributed by atoms with Gasteiger partial charge in [-0.15, -0.1) is 6.58 Å². The summed E-state index contributed by atoms with van der Waals surface area (Å²) < 4.78 is 52.3. The number of likely N-dealkylation sites (N-methyl/N-ethyl adjacent to an activating group) is 1. The molecule has 2 aromatic rings. The van der Waals surface area contributed by atoms with Crippen LogP contribution in [0, 0.1) is 5.82 Å². The molecule has 2 rings (SSSR count). The van der Waals surface area contributed by atoms with Crippen molar-refractivity contribution in [2.75, 3.05) is 13.6 Å².